The summed E-state index contributed by atoms with van der Waals surface area (Å²) in [4.78, 5) is 16.8. The molecule has 1 N–H and O–H groups in total. The van der Waals surface area contributed by atoms with E-state index >= 15 is 0 Å². The van der Waals surface area contributed by atoms with E-state index in [2.05, 4.69) is 42.3 Å². The van der Waals surface area contributed by atoms with Crippen LogP contribution in [-0.4, -0.2) is 21.2 Å². The number of imidazole rings is 1. The summed E-state index contributed by atoms with van der Waals surface area (Å²) in [6.45, 7) is 8.16. The maximum atomic E-state index is 12.4. The van der Waals surface area contributed by atoms with Crippen LogP contribution in [0.5, 0.6) is 0 Å². The van der Waals surface area contributed by atoms with Gasteiger partial charge in [0, 0.05) is 18.1 Å². The van der Waals surface area contributed by atoms with E-state index in [9.17, 15) is 4.79 Å². The standard InChI is InChI=1S/C21H23N3OS/c1-14-8-9-15(2)18(12-14)24-11-10-22-21(24)26-13-19(25)23-20-16(3)6-5-7-17(20)4/h5-12H,13H2,1-4H3,(H,23,25). The predicted octanol–water partition coefficient (Wildman–Crippen LogP) is 4.84. The first-order valence-corrected chi connectivity index (χ1v) is 9.54. The molecule has 4 nitrogen and oxygen atoms in total. The highest BCUT2D eigenvalue weighted by Gasteiger charge is 2.12. The average Bonchev–Trinajstić information content (AvgIpc) is 3.07. The molecule has 1 amide bonds. The number of nitrogens with one attached hydrogen (secondary N) is 1. The topological polar surface area (TPSA) is 46.9 Å². The van der Waals surface area contributed by atoms with Crippen molar-refractivity contribution in [1.82, 2.24) is 9.55 Å². The van der Waals surface area contributed by atoms with Gasteiger partial charge in [0.15, 0.2) is 5.16 Å². The van der Waals surface area contributed by atoms with Crippen LogP contribution in [0.25, 0.3) is 5.69 Å². The number of carbonyl (C=O) groups excluding carboxylic acids is 1. The van der Waals surface area contributed by atoms with Crippen LogP contribution in [-0.2, 0) is 4.79 Å². The van der Waals surface area contributed by atoms with Crippen LogP contribution in [0.1, 0.15) is 22.3 Å². The Morgan fingerprint density at radius 3 is 2.54 bits per heavy atom. The third kappa shape index (κ3) is 3.99. The maximum Gasteiger partial charge on any atom is 0.234 e. The fraction of sp³-hybridized carbons (Fsp3) is 0.238. The molecule has 3 aromatic rings. The lowest BCUT2D eigenvalue weighted by atomic mass is 10.1. The number of hydrogen-bond donors (Lipinski definition) is 1. The molecule has 0 bridgehead atoms. The highest BCUT2D eigenvalue weighted by Crippen LogP contribution is 2.24. The van der Waals surface area contributed by atoms with Crippen LogP contribution in [0.15, 0.2) is 53.9 Å². The minimum absolute atomic E-state index is 0.0251. The number of thioether (sulfide) groups is 1. The molecule has 0 atom stereocenters. The molecular formula is C21H23N3OS. The summed E-state index contributed by atoms with van der Waals surface area (Å²) >= 11 is 1.44. The molecule has 5 heteroatoms. The van der Waals surface area contributed by atoms with Crippen molar-refractivity contribution < 1.29 is 4.79 Å². The number of anilines is 1. The molecule has 1 heterocycles. The monoisotopic (exact) mass is 365 g/mol. The van der Waals surface area contributed by atoms with Crippen LogP contribution in [0.2, 0.25) is 0 Å². The molecule has 0 spiro atoms. The highest BCUT2D eigenvalue weighted by atomic mass is 32.2. The van der Waals surface area contributed by atoms with Crippen molar-refractivity contribution in [2.45, 2.75) is 32.9 Å². The minimum atomic E-state index is -0.0251. The van der Waals surface area contributed by atoms with Crippen molar-refractivity contribution in [3.05, 3.63) is 71.0 Å². The molecular weight excluding hydrogens is 342 g/mol. The molecule has 3 rings (SSSR count). The Bertz CT molecular complexity index is 926. The third-order valence-corrected chi connectivity index (χ3v) is 5.28. The quantitative estimate of drug-likeness (QED) is 0.658. The van der Waals surface area contributed by atoms with Gasteiger partial charge >= 0.3 is 0 Å². The highest BCUT2D eigenvalue weighted by molar-refractivity contribution is 7.99. The average molecular weight is 366 g/mol. The van der Waals surface area contributed by atoms with Gasteiger partial charge in [-0.2, -0.15) is 0 Å². The van der Waals surface area contributed by atoms with E-state index in [1.54, 1.807) is 6.20 Å². The van der Waals surface area contributed by atoms with Gasteiger partial charge in [-0.15, -0.1) is 0 Å². The summed E-state index contributed by atoms with van der Waals surface area (Å²) in [5.74, 6) is 0.290. The summed E-state index contributed by atoms with van der Waals surface area (Å²) in [7, 11) is 0. The van der Waals surface area contributed by atoms with Crippen LogP contribution < -0.4 is 5.32 Å². The van der Waals surface area contributed by atoms with Crippen molar-refractivity contribution in [1.29, 1.82) is 0 Å². The Morgan fingerprint density at radius 2 is 1.81 bits per heavy atom. The molecule has 0 aliphatic heterocycles. The zero-order valence-electron chi connectivity index (χ0n) is 15.5. The number of amides is 1. The number of rotatable bonds is 5. The van der Waals surface area contributed by atoms with Crippen LogP contribution in [0, 0.1) is 27.7 Å². The Hall–Kier alpha value is -2.53. The van der Waals surface area contributed by atoms with Crippen molar-refractivity contribution in [2.24, 2.45) is 0 Å². The van der Waals surface area contributed by atoms with Gasteiger partial charge < -0.3 is 5.32 Å². The zero-order valence-corrected chi connectivity index (χ0v) is 16.4. The molecule has 134 valence electrons. The number of carbonyl (C=O) groups is 1. The first-order valence-electron chi connectivity index (χ1n) is 8.55. The smallest absolute Gasteiger partial charge is 0.234 e. The van der Waals surface area contributed by atoms with Crippen molar-refractivity contribution in [3.8, 4) is 5.69 Å². The second-order valence-corrected chi connectivity index (χ2v) is 7.42. The lowest BCUT2D eigenvalue weighted by Crippen LogP contribution is -2.16. The van der Waals surface area contributed by atoms with E-state index in [0.717, 1.165) is 27.7 Å². The van der Waals surface area contributed by atoms with Crippen LogP contribution in [0.3, 0.4) is 0 Å². The summed E-state index contributed by atoms with van der Waals surface area (Å²) in [6, 6.07) is 12.3. The normalized spacial score (nSPS) is 10.8. The van der Waals surface area contributed by atoms with Crippen LogP contribution >= 0.6 is 11.8 Å². The summed E-state index contributed by atoms with van der Waals surface area (Å²) < 4.78 is 2.04. The van der Waals surface area contributed by atoms with Gasteiger partial charge in [0.05, 0.1) is 11.4 Å². The van der Waals surface area contributed by atoms with E-state index in [-0.39, 0.29) is 5.91 Å². The molecule has 0 aliphatic carbocycles. The fourth-order valence-electron chi connectivity index (χ4n) is 2.88. The second kappa shape index (κ2) is 7.79. The number of benzene rings is 2. The fourth-order valence-corrected chi connectivity index (χ4v) is 3.64. The van der Waals surface area contributed by atoms with E-state index in [1.165, 1.54) is 22.9 Å². The lowest BCUT2D eigenvalue weighted by Gasteiger charge is -2.13. The number of para-hydroxylation sites is 1. The van der Waals surface area contributed by atoms with Crippen molar-refractivity contribution >= 4 is 23.4 Å². The molecule has 26 heavy (non-hydrogen) atoms. The van der Waals surface area contributed by atoms with Crippen LogP contribution in [0.4, 0.5) is 5.69 Å². The summed E-state index contributed by atoms with van der Waals surface area (Å²) in [5.41, 5.74) is 6.51. The van der Waals surface area contributed by atoms with Gasteiger partial charge in [-0.1, -0.05) is 42.1 Å². The van der Waals surface area contributed by atoms with Gasteiger partial charge in [0.1, 0.15) is 0 Å². The van der Waals surface area contributed by atoms with E-state index in [4.69, 9.17) is 0 Å². The summed E-state index contributed by atoms with van der Waals surface area (Å²) in [5, 5.41) is 3.84. The molecule has 0 saturated heterocycles. The van der Waals surface area contributed by atoms with Crippen molar-refractivity contribution in [3.63, 3.8) is 0 Å². The van der Waals surface area contributed by atoms with Gasteiger partial charge in [-0.25, -0.2) is 4.98 Å². The first kappa shape index (κ1) is 18.3. The van der Waals surface area contributed by atoms with Gasteiger partial charge in [0.2, 0.25) is 5.91 Å². The van der Waals surface area contributed by atoms with Gasteiger partial charge in [0.25, 0.3) is 0 Å². The number of hydrogen-bond acceptors (Lipinski definition) is 3. The Balaban J connectivity index is 1.72. The molecule has 0 radical (unpaired) electrons. The van der Waals surface area contributed by atoms with E-state index < -0.39 is 0 Å². The second-order valence-electron chi connectivity index (χ2n) is 6.47. The Morgan fingerprint density at radius 1 is 1.08 bits per heavy atom. The lowest BCUT2D eigenvalue weighted by molar-refractivity contribution is -0.113. The molecule has 1 aromatic heterocycles. The third-order valence-electron chi connectivity index (χ3n) is 4.31. The first-order chi connectivity index (χ1) is 12.5. The number of aryl methyl sites for hydroxylation is 4. The molecule has 0 unspecified atom stereocenters. The van der Waals surface area contributed by atoms with E-state index in [1.807, 2.05) is 42.8 Å². The van der Waals surface area contributed by atoms with Crippen molar-refractivity contribution in [2.75, 3.05) is 11.1 Å². The van der Waals surface area contributed by atoms with Gasteiger partial charge in [-0.3, -0.25) is 9.36 Å². The predicted molar refractivity (Wildman–Crippen MR) is 108 cm³/mol. The maximum absolute atomic E-state index is 12.4. The van der Waals surface area contributed by atoms with E-state index in [0.29, 0.717) is 5.75 Å². The Labute approximate surface area is 158 Å². The zero-order chi connectivity index (χ0) is 18.7. The summed E-state index contributed by atoms with van der Waals surface area (Å²) in [6.07, 6.45) is 3.71. The molecule has 2 aromatic carbocycles. The SMILES string of the molecule is Cc1ccc(C)c(-n2ccnc2SCC(=O)Nc2c(C)cccc2C)c1. The molecule has 0 fully saturated rings. The minimum Gasteiger partial charge on any atom is -0.325 e. The number of nitrogens with zero attached hydrogens (tertiary/aromatic N) is 2. The van der Waals surface area contributed by atoms with Gasteiger partial charge in [-0.05, 0) is 56.0 Å². The molecule has 0 saturated carbocycles. The Kier molecular flexibility index (Phi) is 5.47. The molecule has 0 aliphatic rings. The number of aromatic nitrogens is 2. The largest absolute Gasteiger partial charge is 0.325 e.